The van der Waals surface area contributed by atoms with Gasteiger partial charge in [-0.25, -0.2) is 0 Å². The molecule has 0 N–H and O–H groups in total. The minimum Gasteiger partial charge on any atom is -0.493 e. The van der Waals surface area contributed by atoms with Gasteiger partial charge in [0.2, 0.25) is 0 Å². The molecule has 36 heavy (non-hydrogen) atoms. The SMILES string of the molecule is CCC(C)(C)c1cc2sc3cc(C(C)(C)C)c(OCCC=C(F)F)cc3c2cc1OCCC=C(F)F. The summed E-state index contributed by atoms with van der Waals surface area (Å²) < 4.78 is 64.1. The summed E-state index contributed by atoms with van der Waals surface area (Å²) in [7, 11) is 0. The number of hydrogen-bond donors (Lipinski definition) is 0. The van der Waals surface area contributed by atoms with E-state index in [1.807, 2.05) is 12.1 Å². The van der Waals surface area contributed by atoms with Crippen molar-refractivity contribution in [2.75, 3.05) is 13.2 Å². The van der Waals surface area contributed by atoms with Gasteiger partial charge in [0.15, 0.2) is 0 Å². The lowest BCUT2D eigenvalue weighted by molar-refractivity contribution is 0.309. The second kappa shape index (κ2) is 11.2. The Morgan fingerprint density at radius 1 is 0.750 bits per heavy atom. The zero-order valence-electron chi connectivity index (χ0n) is 21.7. The average Bonchev–Trinajstić information content (AvgIpc) is 3.14. The molecule has 2 nitrogen and oxygen atoms in total. The van der Waals surface area contributed by atoms with E-state index in [1.54, 1.807) is 11.3 Å². The molecule has 0 aliphatic heterocycles. The molecule has 0 unspecified atom stereocenters. The fraction of sp³-hybridized carbons (Fsp3) is 0.448. The largest absolute Gasteiger partial charge is 0.493 e. The molecule has 0 saturated carbocycles. The third kappa shape index (κ3) is 6.61. The molecule has 1 aromatic heterocycles. The molecule has 0 amide bonds. The van der Waals surface area contributed by atoms with Crippen LogP contribution in [-0.2, 0) is 10.8 Å². The summed E-state index contributed by atoms with van der Waals surface area (Å²) in [5.74, 6) is 1.36. The molecular formula is C29H34F4O2S. The molecule has 0 bridgehead atoms. The van der Waals surface area contributed by atoms with Crippen LogP contribution in [0.5, 0.6) is 11.5 Å². The summed E-state index contributed by atoms with van der Waals surface area (Å²) in [6.45, 7) is 13.0. The molecule has 196 valence electrons. The molecule has 2 aromatic carbocycles. The van der Waals surface area contributed by atoms with Crippen molar-refractivity contribution in [2.45, 2.75) is 71.6 Å². The average molecular weight is 523 g/mol. The van der Waals surface area contributed by atoms with Crippen LogP contribution in [0.3, 0.4) is 0 Å². The lowest BCUT2D eigenvalue weighted by Gasteiger charge is -2.26. The van der Waals surface area contributed by atoms with Gasteiger partial charge in [0.1, 0.15) is 11.5 Å². The Hall–Kier alpha value is -2.54. The number of rotatable bonds is 10. The quantitative estimate of drug-likeness (QED) is 0.195. The predicted molar refractivity (Wildman–Crippen MR) is 142 cm³/mol. The topological polar surface area (TPSA) is 18.5 Å². The van der Waals surface area contributed by atoms with Crippen LogP contribution in [-0.4, -0.2) is 13.2 Å². The number of fused-ring (bicyclic) bond motifs is 3. The summed E-state index contributed by atoms with van der Waals surface area (Å²) in [6, 6.07) is 8.26. The maximum atomic E-state index is 12.5. The molecule has 0 saturated heterocycles. The predicted octanol–water partition coefficient (Wildman–Crippen LogP) is 10.1. The maximum Gasteiger partial charge on any atom is 0.266 e. The van der Waals surface area contributed by atoms with E-state index < -0.39 is 12.2 Å². The van der Waals surface area contributed by atoms with E-state index in [9.17, 15) is 17.6 Å². The summed E-state index contributed by atoms with van der Waals surface area (Å²) in [6.07, 6.45) is -0.562. The fourth-order valence-corrected chi connectivity index (χ4v) is 5.19. The first-order valence-electron chi connectivity index (χ1n) is 12.2. The normalized spacial score (nSPS) is 12.2. The van der Waals surface area contributed by atoms with Gasteiger partial charge < -0.3 is 9.47 Å². The Bertz CT molecular complexity index is 1270. The standard InChI is InChI=1S/C29H34F4O2S/c1-7-29(5,6)21-17-25-19(15-23(21)35-13-9-11-27(32)33)18-14-22(34-12-8-10-26(30)31)20(28(2,3)4)16-24(18)36-25/h10-11,14-17H,7-9,12-13H2,1-6H3. The van der Waals surface area contributed by atoms with Crippen LogP contribution in [0.1, 0.15) is 71.9 Å². The summed E-state index contributed by atoms with van der Waals surface area (Å²) in [5.41, 5.74) is 1.69. The number of thiophene rings is 1. The van der Waals surface area contributed by atoms with E-state index in [1.165, 1.54) is 0 Å². The van der Waals surface area contributed by atoms with Crippen LogP contribution in [0.2, 0.25) is 0 Å². The third-order valence-corrected chi connectivity index (χ3v) is 7.56. The van der Waals surface area contributed by atoms with Gasteiger partial charge in [-0.1, -0.05) is 41.5 Å². The first-order valence-corrected chi connectivity index (χ1v) is 13.0. The van der Waals surface area contributed by atoms with Crippen molar-refractivity contribution >= 4 is 31.5 Å². The molecule has 0 aliphatic carbocycles. The van der Waals surface area contributed by atoms with Crippen LogP contribution in [0.25, 0.3) is 20.2 Å². The Morgan fingerprint density at radius 2 is 1.19 bits per heavy atom. The summed E-state index contributed by atoms with van der Waals surface area (Å²) in [5, 5.41) is 1.98. The van der Waals surface area contributed by atoms with Crippen molar-refractivity contribution in [1.29, 1.82) is 0 Å². The minimum absolute atomic E-state index is 0.121. The molecule has 1 heterocycles. The third-order valence-electron chi connectivity index (χ3n) is 6.44. The van der Waals surface area contributed by atoms with Gasteiger partial charge in [0.25, 0.3) is 12.2 Å². The van der Waals surface area contributed by atoms with Crippen molar-refractivity contribution in [3.63, 3.8) is 0 Å². The van der Waals surface area contributed by atoms with Gasteiger partial charge in [-0.05, 0) is 53.7 Å². The lowest BCUT2D eigenvalue weighted by atomic mass is 9.81. The van der Waals surface area contributed by atoms with Gasteiger partial charge in [-0.3, -0.25) is 0 Å². The highest BCUT2D eigenvalue weighted by Gasteiger charge is 2.26. The fourth-order valence-electron chi connectivity index (χ4n) is 4.05. The van der Waals surface area contributed by atoms with Gasteiger partial charge in [-0.2, -0.15) is 17.6 Å². The van der Waals surface area contributed by atoms with Crippen molar-refractivity contribution in [1.82, 2.24) is 0 Å². The molecule has 7 heteroatoms. The van der Waals surface area contributed by atoms with Crippen LogP contribution >= 0.6 is 11.3 Å². The first-order chi connectivity index (χ1) is 16.8. The number of benzene rings is 2. The van der Waals surface area contributed by atoms with E-state index in [0.29, 0.717) is 11.5 Å². The van der Waals surface area contributed by atoms with Gasteiger partial charge in [0, 0.05) is 44.1 Å². The molecule has 3 aromatic rings. The number of hydrogen-bond acceptors (Lipinski definition) is 3. The zero-order valence-corrected chi connectivity index (χ0v) is 22.6. The van der Waals surface area contributed by atoms with Gasteiger partial charge >= 0.3 is 0 Å². The van der Waals surface area contributed by atoms with E-state index in [0.717, 1.165) is 49.9 Å². The Morgan fingerprint density at radius 3 is 1.61 bits per heavy atom. The molecular weight excluding hydrogens is 488 g/mol. The maximum absolute atomic E-state index is 12.5. The van der Waals surface area contributed by atoms with Crippen molar-refractivity contribution in [2.24, 2.45) is 0 Å². The molecule has 0 radical (unpaired) electrons. The Balaban J connectivity index is 2.13. The van der Waals surface area contributed by atoms with Crippen LogP contribution < -0.4 is 9.47 Å². The monoisotopic (exact) mass is 522 g/mol. The van der Waals surface area contributed by atoms with Crippen molar-refractivity contribution < 1.29 is 27.0 Å². The highest BCUT2D eigenvalue weighted by Crippen LogP contribution is 2.45. The molecule has 0 fully saturated rings. The summed E-state index contributed by atoms with van der Waals surface area (Å²) in [4.78, 5) is 0. The molecule has 0 atom stereocenters. The minimum atomic E-state index is -1.71. The lowest BCUT2D eigenvalue weighted by Crippen LogP contribution is -2.17. The second-order valence-corrected chi connectivity index (χ2v) is 11.6. The number of ether oxygens (including phenoxy) is 2. The van der Waals surface area contributed by atoms with Crippen LogP contribution in [0.15, 0.2) is 48.6 Å². The highest BCUT2D eigenvalue weighted by atomic mass is 32.1. The zero-order chi connectivity index (χ0) is 26.7. The second-order valence-electron chi connectivity index (χ2n) is 10.5. The first kappa shape index (κ1) is 28.0. The molecule has 3 rings (SSSR count). The molecule has 0 spiro atoms. The van der Waals surface area contributed by atoms with Gasteiger partial charge in [-0.15, -0.1) is 11.3 Å². The van der Waals surface area contributed by atoms with E-state index in [4.69, 9.17) is 9.47 Å². The Kier molecular flexibility index (Phi) is 8.75. The summed E-state index contributed by atoms with van der Waals surface area (Å²) >= 11 is 1.69. The van der Waals surface area contributed by atoms with Crippen molar-refractivity contribution in [3.05, 3.63) is 59.7 Å². The highest BCUT2D eigenvalue weighted by molar-refractivity contribution is 7.25. The van der Waals surface area contributed by atoms with E-state index >= 15 is 0 Å². The van der Waals surface area contributed by atoms with Crippen LogP contribution in [0, 0.1) is 0 Å². The number of halogens is 4. The smallest absolute Gasteiger partial charge is 0.266 e. The van der Waals surface area contributed by atoms with Crippen LogP contribution in [0.4, 0.5) is 17.6 Å². The van der Waals surface area contributed by atoms with E-state index in [-0.39, 0.29) is 36.9 Å². The van der Waals surface area contributed by atoms with E-state index in [2.05, 4.69) is 53.7 Å². The Labute approximate surface area is 214 Å². The van der Waals surface area contributed by atoms with Crippen molar-refractivity contribution in [3.8, 4) is 11.5 Å². The van der Waals surface area contributed by atoms with Gasteiger partial charge in [0.05, 0.1) is 13.2 Å². The molecule has 0 aliphatic rings.